The molecule has 0 aliphatic carbocycles. The number of halogens is 3. The monoisotopic (exact) mass is 375 g/mol. The third-order valence-corrected chi connectivity index (χ3v) is 4.81. The Labute approximate surface area is 154 Å². The average Bonchev–Trinajstić information content (AvgIpc) is 2.92. The number of anilines is 1. The molecule has 1 aliphatic rings. The minimum atomic E-state index is -4.47. The van der Waals surface area contributed by atoms with E-state index in [9.17, 15) is 13.2 Å². The molecule has 5 nitrogen and oxygen atoms in total. The summed E-state index contributed by atoms with van der Waals surface area (Å²) in [5.41, 5.74) is 1.10. The van der Waals surface area contributed by atoms with Crippen molar-refractivity contribution in [2.24, 2.45) is 0 Å². The van der Waals surface area contributed by atoms with E-state index in [0.29, 0.717) is 18.9 Å². The van der Waals surface area contributed by atoms with Gasteiger partial charge in [-0.25, -0.2) is 15.0 Å². The van der Waals surface area contributed by atoms with Crippen LogP contribution in [0.15, 0.2) is 30.3 Å². The fourth-order valence-corrected chi connectivity index (χ4v) is 3.52. The number of fused-ring (bicyclic) bond motifs is 1. The Morgan fingerprint density at radius 2 is 1.78 bits per heavy atom. The topological polar surface area (TPSA) is 46.8 Å². The van der Waals surface area contributed by atoms with Gasteiger partial charge in [-0.1, -0.05) is 26.0 Å². The van der Waals surface area contributed by atoms with Gasteiger partial charge < -0.3 is 9.47 Å². The molecule has 0 N–H and O–H groups in total. The van der Waals surface area contributed by atoms with Crippen molar-refractivity contribution in [1.82, 2.24) is 19.5 Å². The van der Waals surface area contributed by atoms with Crippen LogP contribution in [-0.2, 0) is 6.18 Å². The zero-order valence-electron chi connectivity index (χ0n) is 15.3. The smallest absolute Gasteiger partial charge is 0.352 e. The zero-order chi connectivity index (χ0) is 19.3. The van der Waals surface area contributed by atoms with Crippen molar-refractivity contribution in [3.8, 4) is 0 Å². The molecule has 0 unspecified atom stereocenters. The predicted octanol–water partition coefficient (Wildman–Crippen LogP) is 4.34. The van der Waals surface area contributed by atoms with Gasteiger partial charge >= 0.3 is 6.18 Å². The third-order valence-electron chi connectivity index (χ3n) is 4.81. The number of hydrogen-bond donors (Lipinski definition) is 0. The number of alkyl halides is 3. The van der Waals surface area contributed by atoms with Gasteiger partial charge in [-0.2, -0.15) is 13.2 Å². The Bertz CT molecular complexity index is 987. The molecule has 1 aliphatic heterocycles. The van der Waals surface area contributed by atoms with Gasteiger partial charge in [-0.3, -0.25) is 0 Å². The molecule has 0 saturated carbocycles. The Balaban J connectivity index is 1.63. The number of hydrogen-bond acceptors (Lipinski definition) is 4. The molecular weight excluding hydrogens is 355 g/mol. The molecule has 3 aromatic rings. The minimum absolute atomic E-state index is 0.124. The molecule has 3 heterocycles. The van der Waals surface area contributed by atoms with Crippen molar-refractivity contribution in [1.29, 1.82) is 0 Å². The SMILES string of the molecule is Cc1nc(N2CC(n3c(C(C)C)nc4ccccc43)C2)cc(C(F)(F)F)n1. The van der Waals surface area contributed by atoms with Crippen LogP contribution < -0.4 is 4.90 Å². The standard InChI is InChI=1S/C19H20F3N5/c1-11(2)18-25-14-6-4-5-7-15(14)27(18)13-9-26(10-13)17-8-16(19(20,21)22)23-12(3)24-17/h4-8,11,13H,9-10H2,1-3H3. The number of imidazole rings is 1. The van der Waals surface area contributed by atoms with Gasteiger partial charge in [0.05, 0.1) is 17.1 Å². The second-order valence-electron chi connectivity index (χ2n) is 7.20. The first-order chi connectivity index (χ1) is 12.7. The highest BCUT2D eigenvalue weighted by Gasteiger charge is 2.37. The van der Waals surface area contributed by atoms with E-state index in [4.69, 9.17) is 4.98 Å². The fraction of sp³-hybridized carbons (Fsp3) is 0.421. The average molecular weight is 375 g/mol. The summed E-state index contributed by atoms with van der Waals surface area (Å²) in [5, 5.41) is 0. The summed E-state index contributed by atoms with van der Waals surface area (Å²) in [5.74, 6) is 1.70. The summed E-state index contributed by atoms with van der Waals surface area (Å²) < 4.78 is 41.3. The van der Waals surface area contributed by atoms with E-state index in [1.54, 1.807) is 0 Å². The normalized spacial score (nSPS) is 15.6. The molecule has 0 spiro atoms. The highest BCUT2D eigenvalue weighted by atomic mass is 19.4. The van der Waals surface area contributed by atoms with Crippen LogP contribution in [0.4, 0.5) is 19.0 Å². The van der Waals surface area contributed by atoms with Crippen LogP contribution in [0, 0.1) is 6.92 Å². The van der Waals surface area contributed by atoms with E-state index < -0.39 is 11.9 Å². The molecule has 142 valence electrons. The molecule has 1 fully saturated rings. The van der Waals surface area contributed by atoms with Gasteiger partial charge in [0.25, 0.3) is 0 Å². The maximum Gasteiger partial charge on any atom is 0.433 e. The highest BCUT2D eigenvalue weighted by molar-refractivity contribution is 5.76. The van der Waals surface area contributed by atoms with Crippen molar-refractivity contribution >= 4 is 16.9 Å². The Morgan fingerprint density at radius 3 is 2.44 bits per heavy atom. The first-order valence-electron chi connectivity index (χ1n) is 8.88. The van der Waals surface area contributed by atoms with E-state index in [1.807, 2.05) is 29.2 Å². The van der Waals surface area contributed by atoms with Gasteiger partial charge in [0.2, 0.25) is 0 Å². The molecule has 27 heavy (non-hydrogen) atoms. The summed E-state index contributed by atoms with van der Waals surface area (Å²) in [4.78, 5) is 14.3. The van der Waals surface area contributed by atoms with E-state index >= 15 is 0 Å². The molecule has 4 rings (SSSR count). The van der Waals surface area contributed by atoms with Crippen molar-refractivity contribution < 1.29 is 13.2 Å². The summed E-state index contributed by atoms with van der Waals surface area (Å²) in [6, 6.07) is 9.13. The second kappa shape index (κ2) is 6.21. The molecule has 2 aromatic heterocycles. The molecule has 1 aromatic carbocycles. The molecule has 0 radical (unpaired) electrons. The quantitative estimate of drug-likeness (QED) is 0.683. The van der Waals surface area contributed by atoms with Crippen molar-refractivity contribution in [3.05, 3.63) is 47.7 Å². The van der Waals surface area contributed by atoms with E-state index in [2.05, 4.69) is 28.4 Å². The number of para-hydroxylation sites is 2. The van der Waals surface area contributed by atoms with E-state index in [1.165, 1.54) is 6.92 Å². The molecule has 8 heteroatoms. The summed E-state index contributed by atoms with van der Waals surface area (Å²) >= 11 is 0. The fourth-order valence-electron chi connectivity index (χ4n) is 3.52. The number of benzene rings is 1. The third kappa shape index (κ3) is 3.13. The molecule has 0 bridgehead atoms. The van der Waals surface area contributed by atoms with Crippen LogP contribution in [-0.4, -0.2) is 32.6 Å². The van der Waals surface area contributed by atoms with Gasteiger partial charge in [-0.15, -0.1) is 0 Å². The van der Waals surface area contributed by atoms with Gasteiger partial charge in [0.1, 0.15) is 23.2 Å². The molecule has 0 atom stereocenters. The minimum Gasteiger partial charge on any atom is -0.352 e. The van der Waals surface area contributed by atoms with Gasteiger partial charge in [-0.05, 0) is 19.1 Å². The van der Waals surface area contributed by atoms with Crippen LogP contribution in [0.2, 0.25) is 0 Å². The van der Waals surface area contributed by atoms with E-state index in [-0.39, 0.29) is 17.8 Å². The number of aryl methyl sites for hydroxylation is 1. The van der Waals surface area contributed by atoms with Crippen LogP contribution in [0.3, 0.4) is 0 Å². The summed E-state index contributed by atoms with van der Waals surface area (Å²) in [7, 11) is 0. The second-order valence-corrected chi connectivity index (χ2v) is 7.20. The number of aromatic nitrogens is 4. The largest absolute Gasteiger partial charge is 0.433 e. The van der Waals surface area contributed by atoms with Crippen molar-refractivity contribution in [3.63, 3.8) is 0 Å². The zero-order valence-corrected chi connectivity index (χ0v) is 15.3. The van der Waals surface area contributed by atoms with Crippen LogP contribution in [0.5, 0.6) is 0 Å². The van der Waals surface area contributed by atoms with Crippen LogP contribution in [0.1, 0.15) is 43.1 Å². The molecular formula is C19H20F3N5. The first-order valence-corrected chi connectivity index (χ1v) is 8.88. The maximum absolute atomic E-state index is 13.0. The number of nitrogens with zero attached hydrogens (tertiary/aromatic N) is 5. The Hall–Kier alpha value is -2.64. The lowest BCUT2D eigenvalue weighted by molar-refractivity contribution is -0.141. The summed E-state index contributed by atoms with van der Waals surface area (Å²) in [6.07, 6.45) is -4.47. The summed E-state index contributed by atoms with van der Waals surface area (Å²) in [6.45, 7) is 6.85. The van der Waals surface area contributed by atoms with Crippen molar-refractivity contribution in [2.75, 3.05) is 18.0 Å². The lowest BCUT2D eigenvalue weighted by Crippen LogP contribution is -2.48. The van der Waals surface area contributed by atoms with Gasteiger partial charge in [0.15, 0.2) is 0 Å². The predicted molar refractivity (Wildman–Crippen MR) is 96.8 cm³/mol. The Morgan fingerprint density at radius 1 is 1.07 bits per heavy atom. The van der Waals surface area contributed by atoms with Crippen LogP contribution >= 0.6 is 0 Å². The lowest BCUT2D eigenvalue weighted by Gasteiger charge is -2.42. The van der Waals surface area contributed by atoms with E-state index in [0.717, 1.165) is 22.9 Å². The van der Waals surface area contributed by atoms with Crippen LogP contribution in [0.25, 0.3) is 11.0 Å². The van der Waals surface area contributed by atoms with Crippen molar-refractivity contribution in [2.45, 2.75) is 38.9 Å². The highest BCUT2D eigenvalue weighted by Crippen LogP contribution is 2.35. The van der Waals surface area contributed by atoms with Gasteiger partial charge in [0, 0.05) is 25.1 Å². The Kier molecular flexibility index (Phi) is 4.09. The number of rotatable bonds is 3. The molecule has 1 saturated heterocycles. The molecule has 0 amide bonds. The maximum atomic E-state index is 13.0. The first kappa shape index (κ1) is 17.8. The lowest BCUT2D eigenvalue weighted by atomic mass is 10.1.